The number of carbonyl (C=O) groups excluding carboxylic acids is 3. The zero-order valence-corrected chi connectivity index (χ0v) is 13.6. The van der Waals surface area contributed by atoms with Crippen LogP contribution in [0.4, 0.5) is 0 Å². The van der Waals surface area contributed by atoms with Crippen LogP contribution in [-0.4, -0.2) is 42.5 Å². The molecule has 3 N–H and O–H groups in total. The molecule has 2 aromatic rings. The second kappa shape index (κ2) is 8.71. The van der Waals surface area contributed by atoms with Gasteiger partial charge in [0.25, 0.3) is 5.91 Å². The average molecular weight is 331 g/mol. The summed E-state index contributed by atoms with van der Waals surface area (Å²) >= 11 is 0. The van der Waals surface area contributed by atoms with Crippen molar-refractivity contribution >= 4 is 28.7 Å². The van der Waals surface area contributed by atoms with Crippen LogP contribution in [0.15, 0.2) is 30.5 Å². The number of para-hydroxylation sites is 1. The van der Waals surface area contributed by atoms with E-state index >= 15 is 0 Å². The number of nitrogens with one attached hydrogen (secondary N) is 3. The maximum absolute atomic E-state index is 11.8. The fraction of sp³-hybridized carbons (Fsp3) is 0.353. The summed E-state index contributed by atoms with van der Waals surface area (Å²) in [6.45, 7) is 1.97. The lowest BCUT2D eigenvalue weighted by molar-refractivity contribution is -0.147. The highest BCUT2D eigenvalue weighted by atomic mass is 16.5. The van der Waals surface area contributed by atoms with E-state index < -0.39 is 18.5 Å². The third kappa shape index (κ3) is 5.12. The monoisotopic (exact) mass is 331 g/mol. The Kier molecular flexibility index (Phi) is 6.36. The number of hydrogen-bond acceptors (Lipinski definition) is 4. The lowest BCUT2D eigenvalue weighted by Crippen LogP contribution is -2.39. The fourth-order valence-electron chi connectivity index (χ4n) is 2.19. The SMILES string of the molecule is CCCNC(=O)CNC(=O)COC(=O)Cc1c[nH]c2ccccc12. The molecule has 0 radical (unpaired) electrons. The van der Waals surface area contributed by atoms with Gasteiger partial charge in [0, 0.05) is 23.6 Å². The molecule has 0 spiro atoms. The summed E-state index contributed by atoms with van der Waals surface area (Å²) in [5.74, 6) is -1.27. The maximum atomic E-state index is 11.8. The van der Waals surface area contributed by atoms with E-state index in [9.17, 15) is 14.4 Å². The van der Waals surface area contributed by atoms with Gasteiger partial charge in [-0.1, -0.05) is 25.1 Å². The quantitative estimate of drug-likeness (QED) is 0.626. The zero-order valence-electron chi connectivity index (χ0n) is 13.6. The number of amides is 2. The van der Waals surface area contributed by atoms with Crippen LogP contribution >= 0.6 is 0 Å². The molecule has 2 amide bonds. The molecule has 7 nitrogen and oxygen atoms in total. The first-order valence-electron chi connectivity index (χ1n) is 7.84. The Labute approximate surface area is 139 Å². The van der Waals surface area contributed by atoms with E-state index in [0.717, 1.165) is 22.9 Å². The third-order valence-electron chi connectivity index (χ3n) is 3.39. The predicted octanol–water partition coefficient (Wildman–Crippen LogP) is 0.896. The van der Waals surface area contributed by atoms with Crippen LogP contribution in [0.5, 0.6) is 0 Å². The molecular weight excluding hydrogens is 310 g/mol. The van der Waals surface area contributed by atoms with Gasteiger partial charge in [0.1, 0.15) is 0 Å². The number of H-pyrrole nitrogens is 1. The summed E-state index contributed by atoms with van der Waals surface area (Å²) in [6.07, 6.45) is 2.66. The highest BCUT2D eigenvalue weighted by Gasteiger charge is 2.12. The van der Waals surface area contributed by atoms with Gasteiger partial charge in [-0.15, -0.1) is 0 Å². The molecule has 0 atom stereocenters. The molecular formula is C17H21N3O4. The Bertz CT molecular complexity index is 723. The maximum Gasteiger partial charge on any atom is 0.310 e. The van der Waals surface area contributed by atoms with E-state index in [-0.39, 0.29) is 18.9 Å². The summed E-state index contributed by atoms with van der Waals surface area (Å²) in [7, 11) is 0. The first-order chi connectivity index (χ1) is 11.6. The molecule has 0 aliphatic rings. The number of aromatic nitrogens is 1. The molecule has 24 heavy (non-hydrogen) atoms. The lowest BCUT2D eigenvalue weighted by atomic mass is 10.1. The minimum absolute atomic E-state index is 0.0777. The highest BCUT2D eigenvalue weighted by Crippen LogP contribution is 2.18. The number of hydrogen-bond donors (Lipinski definition) is 3. The van der Waals surface area contributed by atoms with Crippen molar-refractivity contribution in [3.8, 4) is 0 Å². The number of carbonyl (C=O) groups is 3. The first kappa shape index (κ1) is 17.5. The highest BCUT2D eigenvalue weighted by molar-refractivity contribution is 5.89. The Morgan fingerprint density at radius 1 is 1.12 bits per heavy atom. The Balaban J connectivity index is 1.73. The summed E-state index contributed by atoms with van der Waals surface area (Å²) in [6, 6.07) is 7.63. The smallest absolute Gasteiger partial charge is 0.310 e. The molecule has 7 heteroatoms. The molecule has 0 fully saturated rings. The van der Waals surface area contributed by atoms with Crippen LogP contribution < -0.4 is 10.6 Å². The molecule has 1 aromatic heterocycles. The van der Waals surface area contributed by atoms with E-state index in [2.05, 4.69) is 15.6 Å². The number of fused-ring (bicyclic) bond motifs is 1. The van der Waals surface area contributed by atoms with Crippen LogP contribution in [-0.2, 0) is 25.5 Å². The van der Waals surface area contributed by atoms with Crippen molar-refractivity contribution in [3.63, 3.8) is 0 Å². The predicted molar refractivity (Wildman–Crippen MR) is 89.3 cm³/mol. The lowest BCUT2D eigenvalue weighted by Gasteiger charge is -2.07. The van der Waals surface area contributed by atoms with E-state index in [1.807, 2.05) is 31.2 Å². The molecule has 0 unspecified atom stereocenters. The normalized spacial score (nSPS) is 10.4. The number of ether oxygens (including phenoxy) is 1. The van der Waals surface area contributed by atoms with Crippen LogP contribution in [0, 0.1) is 0 Å². The van der Waals surface area contributed by atoms with Crippen molar-refractivity contribution in [2.75, 3.05) is 19.7 Å². The second-order valence-corrected chi connectivity index (χ2v) is 5.32. The van der Waals surface area contributed by atoms with Crippen molar-refractivity contribution in [2.45, 2.75) is 19.8 Å². The number of benzene rings is 1. The van der Waals surface area contributed by atoms with Gasteiger partial charge < -0.3 is 20.4 Å². The van der Waals surface area contributed by atoms with Crippen LogP contribution in [0.3, 0.4) is 0 Å². The molecule has 0 aliphatic heterocycles. The van der Waals surface area contributed by atoms with Crippen molar-refractivity contribution in [1.82, 2.24) is 15.6 Å². The fourth-order valence-corrected chi connectivity index (χ4v) is 2.19. The molecule has 0 aliphatic carbocycles. The van der Waals surface area contributed by atoms with Crippen molar-refractivity contribution in [3.05, 3.63) is 36.0 Å². The van der Waals surface area contributed by atoms with Gasteiger partial charge in [-0.25, -0.2) is 0 Å². The summed E-state index contributed by atoms with van der Waals surface area (Å²) in [4.78, 5) is 37.8. The Hall–Kier alpha value is -2.83. The molecule has 128 valence electrons. The second-order valence-electron chi connectivity index (χ2n) is 5.32. The van der Waals surface area contributed by atoms with E-state index in [0.29, 0.717) is 6.54 Å². The van der Waals surface area contributed by atoms with Gasteiger partial charge in [-0.2, -0.15) is 0 Å². The standard InChI is InChI=1S/C17H21N3O4/c1-2-7-18-15(21)10-20-16(22)11-24-17(23)8-12-9-19-14-6-4-3-5-13(12)14/h3-6,9,19H,2,7-8,10-11H2,1H3,(H,18,21)(H,20,22). The molecule has 0 bridgehead atoms. The largest absolute Gasteiger partial charge is 0.455 e. The van der Waals surface area contributed by atoms with Gasteiger partial charge in [0.15, 0.2) is 6.61 Å². The number of aromatic amines is 1. The number of esters is 1. The minimum Gasteiger partial charge on any atom is -0.455 e. The van der Waals surface area contributed by atoms with Gasteiger partial charge in [0.2, 0.25) is 5.91 Å². The van der Waals surface area contributed by atoms with Gasteiger partial charge in [0.05, 0.1) is 13.0 Å². The molecule has 1 aromatic carbocycles. The summed E-state index contributed by atoms with van der Waals surface area (Å²) < 4.78 is 4.94. The minimum atomic E-state index is -0.506. The zero-order chi connectivity index (χ0) is 17.4. The topological polar surface area (TPSA) is 100 Å². The average Bonchev–Trinajstić information content (AvgIpc) is 2.99. The van der Waals surface area contributed by atoms with E-state index in [1.54, 1.807) is 6.20 Å². The van der Waals surface area contributed by atoms with E-state index in [4.69, 9.17) is 4.74 Å². The van der Waals surface area contributed by atoms with Crippen LogP contribution in [0.25, 0.3) is 10.9 Å². The Morgan fingerprint density at radius 2 is 1.92 bits per heavy atom. The molecule has 2 rings (SSSR count). The van der Waals surface area contributed by atoms with Crippen LogP contribution in [0.2, 0.25) is 0 Å². The van der Waals surface area contributed by atoms with Gasteiger partial charge >= 0.3 is 5.97 Å². The molecule has 0 saturated carbocycles. The molecule has 0 saturated heterocycles. The van der Waals surface area contributed by atoms with Crippen molar-refractivity contribution in [2.24, 2.45) is 0 Å². The summed E-state index contributed by atoms with van der Waals surface area (Å²) in [5, 5.41) is 5.99. The van der Waals surface area contributed by atoms with Gasteiger partial charge in [-0.05, 0) is 18.1 Å². The molecule has 1 heterocycles. The van der Waals surface area contributed by atoms with Crippen molar-refractivity contribution < 1.29 is 19.1 Å². The Morgan fingerprint density at radius 3 is 2.71 bits per heavy atom. The van der Waals surface area contributed by atoms with E-state index in [1.165, 1.54) is 0 Å². The van der Waals surface area contributed by atoms with Crippen molar-refractivity contribution in [1.29, 1.82) is 0 Å². The van der Waals surface area contributed by atoms with Gasteiger partial charge in [-0.3, -0.25) is 14.4 Å². The summed E-state index contributed by atoms with van der Waals surface area (Å²) in [5.41, 5.74) is 1.76. The third-order valence-corrected chi connectivity index (χ3v) is 3.39. The first-order valence-corrected chi connectivity index (χ1v) is 7.84. The number of rotatable bonds is 8. The van der Waals surface area contributed by atoms with Crippen LogP contribution in [0.1, 0.15) is 18.9 Å².